The molecule has 2 heterocycles. The van der Waals surface area contributed by atoms with Crippen molar-refractivity contribution in [3.63, 3.8) is 0 Å². The summed E-state index contributed by atoms with van der Waals surface area (Å²) in [5, 5.41) is 5.53. The zero-order valence-corrected chi connectivity index (χ0v) is 19.6. The summed E-state index contributed by atoms with van der Waals surface area (Å²) in [7, 11) is 1.70. The van der Waals surface area contributed by atoms with Crippen molar-refractivity contribution in [2.24, 2.45) is 5.92 Å². The molecule has 0 bridgehead atoms. The van der Waals surface area contributed by atoms with E-state index < -0.39 is 0 Å². The molecule has 1 aliphatic carbocycles. The van der Waals surface area contributed by atoms with Crippen LogP contribution in [0.5, 0.6) is 5.75 Å². The minimum atomic E-state index is 0.0978. The average Bonchev–Trinajstić information content (AvgIpc) is 3.34. The molecule has 6 heteroatoms. The number of hydrogen-bond donors (Lipinski definition) is 1. The van der Waals surface area contributed by atoms with Crippen LogP contribution in [-0.4, -0.2) is 50.1 Å². The van der Waals surface area contributed by atoms with Gasteiger partial charge in [-0.05, 0) is 55.5 Å². The summed E-state index contributed by atoms with van der Waals surface area (Å²) in [6.07, 6.45) is 5.74. The molecule has 5 nitrogen and oxygen atoms in total. The van der Waals surface area contributed by atoms with Crippen LogP contribution in [0.4, 0.5) is 5.69 Å². The SMILES string of the molecule is COc1ccc(N2CCN([C@H](c3cccs3)[C@H](C)NC(=O)C3CCCCC3)CC2)cc1. The van der Waals surface area contributed by atoms with E-state index in [2.05, 4.69) is 51.7 Å². The Morgan fingerprint density at radius 2 is 1.77 bits per heavy atom. The molecule has 1 aromatic carbocycles. The Morgan fingerprint density at radius 1 is 1.06 bits per heavy atom. The van der Waals surface area contributed by atoms with Crippen molar-refractivity contribution in [2.45, 2.75) is 51.1 Å². The van der Waals surface area contributed by atoms with Gasteiger partial charge in [0.25, 0.3) is 0 Å². The Bertz CT molecular complexity index is 810. The van der Waals surface area contributed by atoms with E-state index in [0.29, 0.717) is 0 Å². The topological polar surface area (TPSA) is 44.8 Å². The van der Waals surface area contributed by atoms with Crippen molar-refractivity contribution in [1.82, 2.24) is 10.2 Å². The van der Waals surface area contributed by atoms with E-state index in [9.17, 15) is 4.79 Å². The number of piperazine rings is 1. The number of carbonyl (C=O) groups is 1. The molecule has 2 fully saturated rings. The largest absolute Gasteiger partial charge is 0.497 e. The van der Waals surface area contributed by atoms with Crippen LogP contribution in [0, 0.1) is 5.92 Å². The molecule has 1 saturated heterocycles. The first-order chi connectivity index (χ1) is 15.2. The first-order valence-electron chi connectivity index (χ1n) is 11.6. The maximum absolute atomic E-state index is 12.9. The number of methoxy groups -OCH3 is 1. The molecule has 1 amide bonds. The highest BCUT2D eigenvalue weighted by molar-refractivity contribution is 7.10. The van der Waals surface area contributed by atoms with E-state index >= 15 is 0 Å². The zero-order valence-electron chi connectivity index (χ0n) is 18.8. The molecular weight excluding hydrogens is 406 g/mol. The smallest absolute Gasteiger partial charge is 0.223 e. The predicted molar refractivity (Wildman–Crippen MR) is 128 cm³/mol. The summed E-state index contributed by atoms with van der Waals surface area (Å²) < 4.78 is 5.29. The molecule has 0 radical (unpaired) electrons. The highest BCUT2D eigenvalue weighted by atomic mass is 32.1. The number of anilines is 1. The van der Waals surface area contributed by atoms with Gasteiger partial charge in [-0.1, -0.05) is 25.3 Å². The van der Waals surface area contributed by atoms with Crippen molar-refractivity contribution >= 4 is 22.9 Å². The second kappa shape index (κ2) is 10.5. The summed E-state index contributed by atoms with van der Waals surface area (Å²) in [6.45, 7) is 6.12. The van der Waals surface area contributed by atoms with Crippen LogP contribution in [0.1, 0.15) is 49.9 Å². The molecule has 4 rings (SSSR count). The summed E-state index contributed by atoms with van der Waals surface area (Å²) in [5.74, 6) is 1.35. The van der Waals surface area contributed by atoms with Crippen molar-refractivity contribution in [3.8, 4) is 5.75 Å². The van der Waals surface area contributed by atoms with Gasteiger partial charge in [0.05, 0.1) is 13.2 Å². The zero-order chi connectivity index (χ0) is 21.6. The minimum Gasteiger partial charge on any atom is -0.497 e. The predicted octanol–water partition coefficient (Wildman–Crippen LogP) is 4.71. The molecule has 1 saturated carbocycles. The minimum absolute atomic E-state index is 0.0978. The highest BCUT2D eigenvalue weighted by Crippen LogP contribution is 2.31. The van der Waals surface area contributed by atoms with E-state index in [1.165, 1.54) is 29.8 Å². The van der Waals surface area contributed by atoms with Crippen molar-refractivity contribution < 1.29 is 9.53 Å². The quantitative estimate of drug-likeness (QED) is 0.676. The molecule has 1 N–H and O–H groups in total. The fraction of sp³-hybridized carbons (Fsp3) is 0.560. The van der Waals surface area contributed by atoms with Gasteiger partial charge in [0.2, 0.25) is 5.91 Å². The lowest BCUT2D eigenvalue weighted by Crippen LogP contribution is -2.53. The molecule has 0 spiro atoms. The van der Waals surface area contributed by atoms with Gasteiger partial charge in [-0.2, -0.15) is 0 Å². The summed E-state index contributed by atoms with van der Waals surface area (Å²) >= 11 is 1.80. The number of nitrogens with zero attached hydrogens (tertiary/aromatic N) is 2. The first kappa shape index (κ1) is 22.2. The fourth-order valence-corrected chi connectivity index (χ4v) is 6.00. The normalized spacial score (nSPS) is 20.3. The number of carbonyl (C=O) groups excluding carboxylic acids is 1. The third-order valence-electron chi connectivity index (χ3n) is 6.80. The van der Waals surface area contributed by atoms with Crippen molar-refractivity contribution in [2.75, 3.05) is 38.2 Å². The standard InChI is InChI=1S/C25H35N3O2S/c1-19(26-25(29)20-7-4-3-5-8-20)24(23-9-6-18-31-23)28-16-14-27(15-17-28)21-10-12-22(30-2)13-11-21/h6,9-13,18-20,24H,3-5,7-8,14-17H2,1-2H3,(H,26,29)/t19-,24-/m0/s1. The second-order valence-corrected chi connectivity index (χ2v) is 9.79. The third-order valence-corrected chi connectivity index (χ3v) is 7.74. The molecule has 2 aromatic rings. The molecule has 2 atom stereocenters. The number of hydrogen-bond acceptors (Lipinski definition) is 5. The maximum Gasteiger partial charge on any atom is 0.223 e. The number of nitrogens with one attached hydrogen (secondary N) is 1. The van der Waals surface area contributed by atoms with Crippen molar-refractivity contribution in [1.29, 1.82) is 0 Å². The Kier molecular flexibility index (Phi) is 7.51. The number of thiophene rings is 1. The van der Waals surface area contributed by atoms with Gasteiger partial charge in [-0.25, -0.2) is 0 Å². The van der Waals surface area contributed by atoms with Gasteiger partial charge >= 0.3 is 0 Å². The average molecular weight is 442 g/mol. The van der Waals surface area contributed by atoms with Gasteiger partial charge < -0.3 is 15.0 Å². The van der Waals surface area contributed by atoms with E-state index in [1.807, 2.05) is 12.1 Å². The van der Waals surface area contributed by atoms with E-state index in [1.54, 1.807) is 18.4 Å². The molecule has 168 valence electrons. The molecule has 0 unspecified atom stereocenters. The van der Waals surface area contributed by atoms with Crippen LogP contribution < -0.4 is 15.0 Å². The molecular formula is C25H35N3O2S. The van der Waals surface area contributed by atoms with Crippen LogP contribution in [-0.2, 0) is 4.79 Å². The van der Waals surface area contributed by atoms with Gasteiger partial charge in [-0.3, -0.25) is 9.69 Å². The van der Waals surface area contributed by atoms with Crippen LogP contribution >= 0.6 is 11.3 Å². The maximum atomic E-state index is 12.9. The van der Waals surface area contributed by atoms with Gasteiger partial charge in [0.1, 0.15) is 5.75 Å². The summed E-state index contributed by atoms with van der Waals surface area (Å²) in [4.78, 5) is 19.2. The fourth-order valence-electron chi connectivity index (χ4n) is 5.04. The lowest BCUT2D eigenvalue weighted by atomic mass is 9.88. The van der Waals surface area contributed by atoms with Crippen LogP contribution in [0.3, 0.4) is 0 Å². The lowest BCUT2D eigenvalue weighted by molar-refractivity contribution is -0.127. The van der Waals surface area contributed by atoms with E-state index in [4.69, 9.17) is 4.74 Å². The number of amides is 1. The van der Waals surface area contributed by atoms with Crippen LogP contribution in [0.15, 0.2) is 41.8 Å². The van der Waals surface area contributed by atoms with Crippen molar-refractivity contribution in [3.05, 3.63) is 46.7 Å². The van der Waals surface area contributed by atoms with E-state index in [0.717, 1.165) is 44.8 Å². The third kappa shape index (κ3) is 5.42. The molecule has 1 aliphatic heterocycles. The Labute approximate surface area is 190 Å². The number of benzene rings is 1. The summed E-state index contributed by atoms with van der Waals surface area (Å²) in [6, 6.07) is 13.0. The molecule has 2 aliphatic rings. The monoisotopic (exact) mass is 441 g/mol. The van der Waals surface area contributed by atoms with Gasteiger partial charge in [-0.15, -0.1) is 11.3 Å². The Hall–Kier alpha value is -2.05. The highest BCUT2D eigenvalue weighted by Gasteiger charge is 2.32. The Balaban J connectivity index is 1.40. The van der Waals surface area contributed by atoms with Crippen LogP contribution in [0.2, 0.25) is 0 Å². The van der Waals surface area contributed by atoms with Gasteiger partial charge in [0.15, 0.2) is 0 Å². The molecule has 31 heavy (non-hydrogen) atoms. The van der Waals surface area contributed by atoms with Gasteiger partial charge in [0, 0.05) is 48.7 Å². The lowest BCUT2D eigenvalue weighted by Gasteiger charge is -2.42. The number of ether oxygens (including phenoxy) is 1. The van der Waals surface area contributed by atoms with E-state index in [-0.39, 0.29) is 23.9 Å². The Morgan fingerprint density at radius 3 is 2.39 bits per heavy atom. The second-order valence-electron chi connectivity index (χ2n) is 8.81. The summed E-state index contributed by atoms with van der Waals surface area (Å²) in [5.41, 5.74) is 1.24. The van der Waals surface area contributed by atoms with Crippen LogP contribution in [0.25, 0.3) is 0 Å². The number of rotatable bonds is 7. The molecule has 1 aromatic heterocycles. The first-order valence-corrected chi connectivity index (χ1v) is 12.5.